The number of rotatable bonds is 8. The van der Waals surface area contributed by atoms with E-state index in [4.69, 9.17) is 11.6 Å². The molecule has 2 unspecified atom stereocenters. The first-order valence-corrected chi connectivity index (χ1v) is 11.7. The molecule has 4 aromatic carbocycles. The first kappa shape index (κ1) is 23.6. The fourth-order valence-electron chi connectivity index (χ4n) is 4.46. The maximum atomic E-state index is 12.0. The van der Waals surface area contributed by atoms with Crippen LogP contribution in [0.15, 0.2) is 97.1 Å². The van der Waals surface area contributed by atoms with E-state index in [0.717, 1.165) is 23.1 Å². The molecular weight excluding hydrogens is 444 g/mol. The van der Waals surface area contributed by atoms with E-state index in [1.54, 1.807) is 18.2 Å². The Morgan fingerprint density at radius 3 is 2.00 bits per heavy atom. The lowest BCUT2D eigenvalue weighted by Crippen LogP contribution is -2.09. The van der Waals surface area contributed by atoms with Gasteiger partial charge in [0.25, 0.3) is 0 Å². The van der Waals surface area contributed by atoms with Crippen LogP contribution in [-0.2, 0) is 6.42 Å². The van der Waals surface area contributed by atoms with Crippen molar-refractivity contribution in [2.75, 3.05) is 0 Å². The van der Waals surface area contributed by atoms with Crippen LogP contribution in [-0.4, -0.2) is 16.2 Å². The highest BCUT2D eigenvalue weighted by Gasteiger charge is 2.23. The topological polar surface area (TPSA) is 57.5 Å². The minimum atomic E-state index is -1.14. The van der Waals surface area contributed by atoms with Gasteiger partial charge in [-0.3, -0.25) is 0 Å². The van der Waals surface area contributed by atoms with E-state index in [9.17, 15) is 15.0 Å². The third-order valence-electron chi connectivity index (χ3n) is 6.31. The first-order chi connectivity index (χ1) is 16.4. The zero-order chi connectivity index (χ0) is 24.1. The van der Waals surface area contributed by atoms with Crippen LogP contribution in [0, 0.1) is 0 Å². The highest BCUT2D eigenvalue weighted by molar-refractivity contribution is 6.30. The highest BCUT2D eigenvalue weighted by Crippen LogP contribution is 2.38. The van der Waals surface area contributed by atoms with Crippen LogP contribution in [0.3, 0.4) is 0 Å². The molecule has 0 aliphatic rings. The van der Waals surface area contributed by atoms with Gasteiger partial charge >= 0.3 is 5.97 Å². The van der Waals surface area contributed by atoms with Crippen molar-refractivity contribution in [3.8, 4) is 5.75 Å². The largest absolute Gasteiger partial charge is 0.507 e. The Balaban J connectivity index is 1.78. The van der Waals surface area contributed by atoms with E-state index >= 15 is 0 Å². The molecule has 34 heavy (non-hydrogen) atoms. The molecule has 172 valence electrons. The third kappa shape index (κ3) is 5.49. The quantitative estimate of drug-likeness (QED) is 0.278. The summed E-state index contributed by atoms with van der Waals surface area (Å²) in [5.74, 6) is -1.10. The lowest BCUT2D eigenvalue weighted by atomic mass is 9.80. The molecule has 0 aromatic heterocycles. The lowest BCUT2D eigenvalue weighted by molar-refractivity contribution is 0.0693. The molecule has 4 rings (SSSR count). The van der Waals surface area contributed by atoms with Crippen LogP contribution in [0.1, 0.15) is 63.4 Å². The standard InChI is InChI=1S/C30H27ClO3/c1-20(22-8-4-2-5-9-22)16-27(23-10-6-3-7-11-23)24-18-25(29(32)28(19-24)30(33)34)17-21-12-14-26(31)15-13-21/h2-15,18-20,27,32H,16-17H2,1H3,(H,33,34). The number of aromatic hydroxyl groups is 1. The van der Waals surface area contributed by atoms with Crippen molar-refractivity contribution in [2.24, 2.45) is 0 Å². The van der Waals surface area contributed by atoms with Crippen molar-refractivity contribution in [1.29, 1.82) is 0 Å². The Labute approximate surface area is 205 Å². The number of carboxylic acid groups (broad SMARTS) is 1. The maximum absolute atomic E-state index is 12.0. The Kier molecular flexibility index (Phi) is 7.34. The van der Waals surface area contributed by atoms with E-state index in [0.29, 0.717) is 17.0 Å². The van der Waals surface area contributed by atoms with Crippen LogP contribution >= 0.6 is 11.6 Å². The summed E-state index contributed by atoms with van der Waals surface area (Å²) in [5, 5.41) is 21.3. The average molecular weight is 471 g/mol. The molecule has 0 heterocycles. The predicted molar refractivity (Wildman–Crippen MR) is 137 cm³/mol. The molecular formula is C30H27ClO3. The second kappa shape index (κ2) is 10.6. The minimum Gasteiger partial charge on any atom is -0.507 e. The molecule has 0 spiro atoms. The molecule has 2 atom stereocenters. The van der Waals surface area contributed by atoms with Gasteiger partial charge in [0.05, 0.1) is 0 Å². The van der Waals surface area contributed by atoms with Crippen LogP contribution in [0.2, 0.25) is 5.02 Å². The SMILES string of the molecule is CC(CC(c1ccccc1)c1cc(Cc2ccc(Cl)cc2)c(O)c(C(=O)O)c1)c1ccccc1. The van der Waals surface area contributed by atoms with E-state index < -0.39 is 5.97 Å². The van der Waals surface area contributed by atoms with Crippen molar-refractivity contribution >= 4 is 17.6 Å². The van der Waals surface area contributed by atoms with Crippen molar-refractivity contribution < 1.29 is 15.0 Å². The summed E-state index contributed by atoms with van der Waals surface area (Å²) in [7, 11) is 0. The molecule has 0 bridgehead atoms. The molecule has 0 fully saturated rings. The summed E-state index contributed by atoms with van der Waals surface area (Å²) in [4.78, 5) is 12.0. The normalized spacial score (nSPS) is 12.8. The Morgan fingerprint density at radius 1 is 0.824 bits per heavy atom. The minimum absolute atomic E-state index is 0.0286. The van der Waals surface area contributed by atoms with Gasteiger partial charge in [0.15, 0.2) is 0 Å². The number of benzene rings is 4. The fourth-order valence-corrected chi connectivity index (χ4v) is 4.59. The summed E-state index contributed by atoms with van der Waals surface area (Å²) in [6.07, 6.45) is 1.21. The van der Waals surface area contributed by atoms with Crippen molar-refractivity contribution in [1.82, 2.24) is 0 Å². The summed E-state index contributed by atoms with van der Waals surface area (Å²) in [5.41, 5.74) is 4.70. The fraction of sp³-hybridized carbons (Fsp3) is 0.167. The van der Waals surface area contributed by atoms with Crippen LogP contribution < -0.4 is 0 Å². The molecule has 4 aromatic rings. The molecule has 0 aliphatic heterocycles. The van der Waals surface area contributed by atoms with Gasteiger partial charge in [0, 0.05) is 17.4 Å². The lowest BCUT2D eigenvalue weighted by Gasteiger charge is -2.24. The summed E-state index contributed by atoms with van der Waals surface area (Å²) >= 11 is 6.02. The van der Waals surface area contributed by atoms with Gasteiger partial charge in [0.2, 0.25) is 0 Å². The number of phenols is 1. The Hall–Kier alpha value is -3.56. The van der Waals surface area contributed by atoms with Crippen LogP contribution in [0.25, 0.3) is 0 Å². The molecule has 4 heteroatoms. The second-order valence-electron chi connectivity index (χ2n) is 8.70. The molecule has 2 N–H and O–H groups in total. The first-order valence-electron chi connectivity index (χ1n) is 11.4. The summed E-state index contributed by atoms with van der Waals surface area (Å²) < 4.78 is 0. The molecule has 0 aliphatic carbocycles. The number of halogens is 1. The predicted octanol–water partition coefficient (Wildman–Crippen LogP) is 7.66. The van der Waals surface area contributed by atoms with Gasteiger partial charge in [-0.05, 0) is 58.4 Å². The third-order valence-corrected chi connectivity index (χ3v) is 6.56. The number of carbonyl (C=O) groups is 1. The van der Waals surface area contributed by atoms with Crippen molar-refractivity contribution in [2.45, 2.75) is 31.6 Å². The van der Waals surface area contributed by atoms with E-state index in [1.165, 1.54) is 5.56 Å². The van der Waals surface area contributed by atoms with E-state index in [2.05, 4.69) is 31.2 Å². The summed E-state index contributed by atoms with van der Waals surface area (Å²) in [6.45, 7) is 2.19. The molecule has 3 nitrogen and oxygen atoms in total. The smallest absolute Gasteiger partial charge is 0.339 e. The zero-order valence-corrected chi connectivity index (χ0v) is 19.7. The summed E-state index contributed by atoms with van der Waals surface area (Å²) in [6, 6.07) is 31.4. The van der Waals surface area contributed by atoms with Gasteiger partial charge in [-0.15, -0.1) is 0 Å². The molecule has 0 saturated heterocycles. The van der Waals surface area contributed by atoms with E-state index in [1.807, 2.05) is 54.6 Å². The van der Waals surface area contributed by atoms with E-state index in [-0.39, 0.29) is 23.1 Å². The second-order valence-corrected chi connectivity index (χ2v) is 9.13. The molecule has 0 radical (unpaired) electrons. The van der Waals surface area contributed by atoms with Crippen LogP contribution in [0.4, 0.5) is 0 Å². The number of hydrogen-bond acceptors (Lipinski definition) is 2. The van der Waals surface area contributed by atoms with Crippen LogP contribution in [0.5, 0.6) is 5.75 Å². The number of carboxylic acids is 1. The van der Waals surface area contributed by atoms with Crippen molar-refractivity contribution in [3.63, 3.8) is 0 Å². The number of aromatic carboxylic acids is 1. The van der Waals surface area contributed by atoms with Gasteiger partial charge in [-0.25, -0.2) is 4.79 Å². The van der Waals surface area contributed by atoms with Gasteiger partial charge in [0.1, 0.15) is 11.3 Å². The van der Waals surface area contributed by atoms with Gasteiger partial charge in [-0.1, -0.05) is 97.4 Å². The zero-order valence-electron chi connectivity index (χ0n) is 19.0. The average Bonchev–Trinajstić information content (AvgIpc) is 2.86. The van der Waals surface area contributed by atoms with Crippen molar-refractivity contribution in [3.05, 3.63) is 135 Å². The Bertz CT molecular complexity index is 1250. The molecule has 0 saturated carbocycles. The molecule has 0 amide bonds. The van der Waals surface area contributed by atoms with Gasteiger partial charge < -0.3 is 10.2 Å². The monoisotopic (exact) mass is 470 g/mol. The maximum Gasteiger partial charge on any atom is 0.339 e. The number of hydrogen-bond donors (Lipinski definition) is 2. The Morgan fingerprint density at radius 2 is 1.41 bits per heavy atom. The highest BCUT2D eigenvalue weighted by atomic mass is 35.5. The van der Waals surface area contributed by atoms with Gasteiger partial charge in [-0.2, -0.15) is 0 Å².